The number of benzene rings is 3. The number of hydrogen-bond donors (Lipinski definition) is 1. The molecule has 1 N–H and O–H groups in total. The van der Waals surface area contributed by atoms with E-state index in [1.54, 1.807) is 48.5 Å². The molecule has 3 aromatic rings. The first kappa shape index (κ1) is 20.9. The largest absolute Gasteiger partial charge is 0.476 e. The van der Waals surface area contributed by atoms with Crippen LogP contribution in [0.3, 0.4) is 0 Å². The monoisotopic (exact) mass is 436 g/mol. The van der Waals surface area contributed by atoms with Gasteiger partial charge in [-0.25, -0.2) is 8.42 Å². The standard InChI is InChI=1S/C24H24N2O4S/c1-2-19-12-6-7-13-20(19)25-24(27)23-16-26(21-14-8-9-15-22(21)30-23)31(28,29)17-18-10-4-3-5-11-18/h3-15,23H,2,16-17H2,1H3,(H,25,27). The summed E-state index contributed by atoms with van der Waals surface area (Å²) in [4.78, 5) is 13.0. The van der Waals surface area contributed by atoms with Crippen LogP contribution in [0.2, 0.25) is 0 Å². The van der Waals surface area contributed by atoms with Crippen molar-refractivity contribution in [2.45, 2.75) is 25.2 Å². The van der Waals surface area contributed by atoms with Crippen molar-refractivity contribution in [1.82, 2.24) is 0 Å². The molecule has 0 saturated carbocycles. The van der Waals surface area contributed by atoms with Gasteiger partial charge < -0.3 is 10.1 Å². The summed E-state index contributed by atoms with van der Waals surface area (Å²) in [6.07, 6.45) is -0.201. The van der Waals surface area contributed by atoms with E-state index < -0.39 is 16.1 Å². The van der Waals surface area contributed by atoms with Gasteiger partial charge in [0, 0.05) is 5.69 Å². The minimum atomic E-state index is -3.73. The Kier molecular flexibility index (Phi) is 5.95. The number of amides is 1. The first-order chi connectivity index (χ1) is 15.0. The number of sulfonamides is 1. The zero-order valence-electron chi connectivity index (χ0n) is 17.2. The highest BCUT2D eigenvalue weighted by Crippen LogP contribution is 2.36. The predicted molar refractivity (Wildman–Crippen MR) is 122 cm³/mol. The van der Waals surface area contributed by atoms with Crippen molar-refractivity contribution < 1.29 is 17.9 Å². The number of rotatable bonds is 6. The van der Waals surface area contributed by atoms with Gasteiger partial charge in [0.25, 0.3) is 5.91 Å². The van der Waals surface area contributed by atoms with E-state index in [-0.39, 0.29) is 18.2 Å². The van der Waals surface area contributed by atoms with Gasteiger partial charge >= 0.3 is 0 Å². The summed E-state index contributed by atoms with van der Waals surface area (Å²) in [5.74, 6) is -0.167. The minimum absolute atomic E-state index is 0.0910. The van der Waals surface area contributed by atoms with Crippen molar-refractivity contribution in [3.8, 4) is 5.75 Å². The highest BCUT2D eigenvalue weighted by Gasteiger charge is 2.36. The lowest BCUT2D eigenvalue weighted by atomic mass is 10.1. The van der Waals surface area contributed by atoms with E-state index in [0.29, 0.717) is 22.7 Å². The van der Waals surface area contributed by atoms with E-state index in [4.69, 9.17) is 4.74 Å². The number of para-hydroxylation sites is 3. The molecular weight excluding hydrogens is 412 g/mol. The Hall–Kier alpha value is -3.32. The second-order valence-electron chi connectivity index (χ2n) is 7.35. The molecule has 0 bridgehead atoms. The topological polar surface area (TPSA) is 75.7 Å². The lowest BCUT2D eigenvalue weighted by Gasteiger charge is -2.34. The first-order valence-electron chi connectivity index (χ1n) is 10.2. The van der Waals surface area contributed by atoms with Crippen LogP contribution < -0.4 is 14.4 Å². The van der Waals surface area contributed by atoms with Crippen LogP contribution in [0.1, 0.15) is 18.1 Å². The van der Waals surface area contributed by atoms with Crippen LogP contribution in [-0.4, -0.2) is 27.0 Å². The maximum absolute atomic E-state index is 13.3. The fourth-order valence-corrected chi connectivity index (χ4v) is 5.21. The highest BCUT2D eigenvalue weighted by molar-refractivity contribution is 7.92. The maximum atomic E-state index is 13.3. The molecule has 1 aliphatic rings. The fourth-order valence-electron chi connectivity index (χ4n) is 3.63. The van der Waals surface area contributed by atoms with Crippen molar-refractivity contribution in [2.75, 3.05) is 16.2 Å². The number of anilines is 2. The van der Waals surface area contributed by atoms with Crippen molar-refractivity contribution in [3.63, 3.8) is 0 Å². The van der Waals surface area contributed by atoms with E-state index in [1.165, 1.54) is 4.31 Å². The number of carbonyl (C=O) groups is 1. The molecule has 1 unspecified atom stereocenters. The Morgan fingerprint density at radius 1 is 1.00 bits per heavy atom. The summed E-state index contributed by atoms with van der Waals surface area (Å²) in [5.41, 5.74) is 2.83. The number of fused-ring (bicyclic) bond motifs is 1. The third-order valence-electron chi connectivity index (χ3n) is 5.21. The predicted octanol–water partition coefficient (Wildman–Crippen LogP) is 3.99. The molecule has 160 valence electrons. The zero-order valence-corrected chi connectivity index (χ0v) is 18.0. The molecule has 4 rings (SSSR count). The van der Waals surface area contributed by atoms with Crippen molar-refractivity contribution in [2.24, 2.45) is 0 Å². The Morgan fingerprint density at radius 3 is 2.45 bits per heavy atom. The SMILES string of the molecule is CCc1ccccc1NC(=O)C1CN(S(=O)(=O)Cc2ccccc2)c2ccccc2O1. The number of ether oxygens (including phenoxy) is 1. The van der Waals surface area contributed by atoms with Gasteiger partial charge in [-0.2, -0.15) is 0 Å². The number of nitrogens with zero attached hydrogens (tertiary/aromatic N) is 1. The summed E-state index contributed by atoms with van der Waals surface area (Å²) in [6, 6.07) is 23.4. The molecule has 31 heavy (non-hydrogen) atoms. The van der Waals surface area contributed by atoms with Gasteiger partial charge in [-0.3, -0.25) is 9.10 Å². The molecule has 0 spiro atoms. The average molecular weight is 437 g/mol. The molecule has 0 saturated heterocycles. The van der Waals surface area contributed by atoms with Gasteiger partial charge in [-0.15, -0.1) is 0 Å². The summed E-state index contributed by atoms with van der Waals surface area (Å²) >= 11 is 0. The number of aryl methyl sites for hydroxylation is 1. The molecule has 6 nitrogen and oxygen atoms in total. The fraction of sp³-hybridized carbons (Fsp3) is 0.208. The molecule has 0 radical (unpaired) electrons. The zero-order chi connectivity index (χ0) is 21.8. The normalized spacial score (nSPS) is 15.6. The summed E-state index contributed by atoms with van der Waals surface area (Å²) in [5, 5.41) is 2.90. The Morgan fingerprint density at radius 2 is 1.68 bits per heavy atom. The lowest BCUT2D eigenvalue weighted by Crippen LogP contribution is -2.49. The summed E-state index contributed by atoms with van der Waals surface area (Å²) in [7, 11) is -3.73. The van der Waals surface area contributed by atoms with Gasteiger partial charge in [0.05, 0.1) is 18.0 Å². The smallest absolute Gasteiger partial charge is 0.267 e. The van der Waals surface area contributed by atoms with Gasteiger partial charge in [-0.1, -0.05) is 67.6 Å². The quantitative estimate of drug-likeness (QED) is 0.634. The Labute approximate surface area is 182 Å². The minimum Gasteiger partial charge on any atom is -0.476 e. The van der Waals surface area contributed by atoms with Crippen LogP contribution in [0.25, 0.3) is 0 Å². The molecule has 7 heteroatoms. The molecule has 1 aliphatic heterocycles. The van der Waals surface area contributed by atoms with Gasteiger partial charge in [-0.05, 0) is 35.7 Å². The maximum Gasteiger partial charge on any atom is 0.267 e. The number of carbonyl (C=O) groups excluding carboxylic acids is 1. The number of hydrogen-bond acceptors (Lipinski definition) is 4. The van der Waals surface area contributed by atoms with E-state index in [0.717, 1.165) is 12.0 Å². The van der Waals surface area contributed by atoms with Gasteiger partial charge in [0.2, 0.25) is 10.0 Å². The molecule has 0 aliphatic carbocycles. The van der Waals surface area contributed by atoms with Crippen LogP contribution >= 0.6 is 0 Å². The Bertz CT molecular complexity index is 1180. The van der Waals surface area contributed by atoms with Crippen LogP contribution in [0.15, 0.2) is 78.9 Å². The highest BCUT2D eigenvalue weighted by atomic mass is 32.2. The molecular formula is C24H24N2O4S. The third-order valence-corrected chi connectivity index (χ3v) is 6.93. The van der Waals surface area contributed by atoms with E-state index in [1.807, 2.05) is 37.3 Å². The molecule has 0 aromatic heterocycles. The molecule has 1 atom stereocenters. The molecule has 1 heterocycles. The van der Waals surface area contributed by atoms with Crippen LogP contribution in [-0.2, 0) is 27.0 Å². The van der Waals surface area contributed by atoms with E-state index in [9.17, 15) is 13.2 Å². The average Bonchev–Trinajstić information content (AvgIpc) is 2.79. The van der Waals surface area contributed by atoms with Crippen LogP contribution in [0.4, 0.5) is 11.4 Å². The van der Waals surface area contributed by atoms with E-state index >= 15 is 0 Å². The summed E-state index contributed by atoms with van der Waals surface area (Å²) in [6.45, 7) is 1.92. The van der Waals surface area contributed by atoms with Crippen molar-refractivity contribution in [1.29, 1.82) is 0 Å². The van der Waals surface area contributed by atoms with Crippen molar-refractivity contribution >= 4 is 27.3 Å². The van der Waals surface area contributed by atoms with Gasteiger partial charge in [0.1, 0.15) is 5.75 Å². The number of nitrogens with one attached hydrogen (secondary N) is 1. The van der Waals surface area contributed by atoms with Crippen LogP contribution in [0.5, 0.6) is 5.75 Å². The second-order valence-corrected chi connectivity index (χ2v) is 9.24. The Balaban J connectivity index is 1.62. The van der Waals surface area contributed by atoms with Gasteiger partial charge in [0.15, 0.2) is 6.10 Å². The third kappa shape index (κ3) is 4.56. The summed E-state index contributed by atoms with van der Waals surface area (Å²) < 4.78 is 33.8. The second kappa shape index (κ2) is 8.81. The molecule has 0 fully saturated rings. The first-order valence-corrected chi connectivity index (χ1v) is 11.8. The molecule has 3 aromatic carbocycles. The lowest BCUT2D eigenvalue weighted by molar-refractivity contribution is -0.122. The van der Waals surface area contributed by atoms with E-state index in [2.05, 4.69) is 5.32 Å². The van der Waals surface area contributed by atoms with Crippen molar-refractivity contribution in [3.05, 3.63) is 90.0 Å². The molecule has 1 amide bonds. The van der Waals surface area contributed by atoms with Crippen LogP contribution in [0, 0.1) is 0 Å².